The van der Waals surface area contributed by atoms with E-state index in [1.54, 1.807) is 12.1 Å². The van der Waals surface area contributed by atoms with Gasteiger partial charge in [0.05, 0.1) is 12.1 Å². The SMILES string of the molecule is COC(=O)NOc1cc(Cl)ccc1Cl. The molecule has 0 saturated heterocycles. The molecule has 0 aliphatic heterocycles. The van der Waals surface area contributed by atoms with Crippen molar-refractivity contribution in [1.82, 2.24) is 5.48 Å². The molecule has 0 fully saturated rings. The summed E-state index contributed by atoms with van der Waals surface area (Å²) in [5, 5.41) is 0.793. The number of nitrogens with one attached hydrogen (secondary N) is 1. The smallest absolute Gasteiger partial charge is 0.440 e. The number of benzene rings is 1. The number of ether oxygens (including phenoxy) is 1. The zero-order chi connectivity index (χ0) is 10.6. The highest BCUT2D eigenvalue weighted by molar-refractivity contribution is 6.34. The summed E-state index contributed by atoms with van der Waals surface area (Å²) < 4.78 is 4.29. The average molecular weight is 236 g/mol. The van der Waals surface area contributed by atoms with E-state index in [1.165, 1.54) is 13.2 Å². The maximum atomic E-state index is 10.6. The van der Waals surface area contributed by atoms with Crippen molar-refractivity contribution in [1.29, 1.82) is 0 Å². The molecule has 0 atom stereocenters. The van der Waals surface area contributed by atoms with Crippen LogP contribution in [0.4, 0.5) is 4.79 Å². The van der Waals surface area contributed by atoms with Gasteiger partial charge in [-0.1, -0.05) is 23.2 Å². The Bertz CT molecular complexity index is 343. The highest BCUT2D eigenvalue weighted by Crippen LogP contribution is 2.26. The number of hydroxylamine groups is 1. The van der Waals surface area contributed by atoms with Gasteiger partial charge in [-0.3, -0.25) is 0 Å². The second-order valence-corrected chi connectivity index (χ2v) is 3.11. The van der Waals surface area contributed by atoms with E-state index in [2.05, 4.69) is 4.74 Å². The van der Waals surface area contributed by atoms with Crippen LogP contribution in [0.3, 0.4) is 0 Å². The van der Waals surface area contributed by atoms with Crippen molar-refractivity contribution >= 4 is 29.3 Å². The van der Waals surface area contributed by atoms with Gasteiger partial charge in [0.1, 0.15) is 0 Å². The van der Waals surface area contributed by atoms with Crippen molar-refractivity contribution < 1.29 is 14.4 Å². The lowest BCUT2D eigenvalue weighted by atomic mass is 10.3. The molecular formula is C8H7Cl2NO3. The number of amides is 1. The van der Waals surface area contributed by atoms with Crippen molar-refractivity contribution in [2.45, 2.75) is 0 Å². The third-order valence-electron chi connectivity index (χ3n) is 1.32. The summed E-state index contributed by atoms with van der Waals surface area (Å²) in [6, 6.07) is 4.63. The van der Waals surface area contributed by atoms with Gasteiger partial charge >= 0.3 is 6.09 Å². The molecular weight excluding hydrogens is 229 g/mol. The molecule has 4 nitrogen and oxygen atoms in total. The van der Waals surface area contributed by atoms with Gasteiger partial charge in [-0.25, -0.2) is 4.79 Å². The first kappa shape index (κ1) is 10.9. The average Bonchev–Trinajstić information content (AvgIpc) is 2.19. The molecule has 0 heterocycles. The van der Waals surface area contributed by atoms with Crippen LogP contribution >= 0.6 is 23.2 Å². The summed E-state index contributed by atoms with van der Waals surface area (Å²) >= 11 is 11.4. The largest absolute Gasteiger partial charge is 0.451 e. The minimum absolute atomic E-state index is 0.254. The highest BCUT2D eigenvalue weighted by atomic mass is 35.5. The van der Waals surface area contributed by atoms with E-state index in [-0.39, 0.29) is 5.75 Å². The molecule has 1 aromatic rings. The second kappa shape index (κ2) is 4.93. The summed E-state index contributed by atoms with van der Waals surface area (Å²) in [5.74, 6) is 0.254. The standard InChI is InChI=1S/C8H7Cl2NO3/c1-13-8(12)11-14-7-4-5(9)2-3-6(7)10/h2-4H,1H3,(H,11,12). The third-order valence-corrected chi connectivity index (χ3v) is 1.87. The molecule has 1 N–H and O–H groups in total. The van der Waals surface area contributed by atoms with E-state index in [9.17, 15) is 4.79 Å². The van der Waals surface area contributed by atoms with E-state index < -0.39 is 6.09 Å². The van der Waals surface area contributed by atoms with Gasteiger partial charge < -0.3 is 9.57 Å². The van der Waals surface area contributed by atoms with Crippen molar-refractivity contribution in [2.24, 2.45) is 0 Å². The number of hydrogen-bond acceptors (Lipinski definition) is 3. The van der Waals surface area contributed by atoms with Gasteiger partial charge in [0.2, 0.25) is 0 Å². The van der Waals surface area contributed by atoms with Crippen LogP contribution in [0.25, 0.3) is 0 Å². The van der Waals surface area contributed by atoms with E-state index in [0.717, 1.165) is 0 Å². The van der Waals surface area contributed by atoms with E-state index in [0.29, 0.717) is 10.0 Å². The molecule has 0 bridgehead atoms. The quantitative estimate of drug-likeness (QED) is 0.803. The van der Waals surface area contributed by atoms with Gasteiger partial charge in [-0.15, -0.1) is 0 Å². The summed E-state index contributed by atoms with van der Waals surface area (Å²) in [6.07, 6.45) is -0.721. The monoisotopic (exact) mass is 235 g/mol. The zero-order valence-corrected chi connectivity index (χ0v) is 8.72. The van der Waals surface area contributed by atoms with Crippen LogP contribution in [0.5, 0.6) is 5.75 Å². The van der Waals surface area contributed by atoms with Crippen LogP contribution in [0.15, 0.2) is 18.2 Å². The van der Waals surface area contributed by atoms with Crippen LogP contribution in [0.2, 0.25) is 10.0 Å². The van der Waals surface area contributed by atoms with Crippen LogP contribution < -0.4 is 10.3 Å². The van der Waals surface area contributed by atoms with E-state index in [1.807, 2.05) is 5.48 Å². The molecule has 1 rings (SSSR count). The Balaban J connectivity index is 2.66. The van der Waals surface area contributed by atoms with Gasteiger partial charge in [-0.2, -0.15) is 5.48 Å². The minimum Gasteiger partial charge on any atom is -0.451 e. The maximum Gasteiger partial charge on any atom is 0.440 e. The number of hydrogen-bond donors (Lipinski definition) is 1. The molecule has 0 aromatic heterocycles. The Morgan fingerprint density at radius 2 is 2.14 bits per heavy atom. The lowest BCUT2D eigenvalue weighted by molar-refractivity contribution is 0.118. The fourth-order valence-electron chi connectivity index (χ4n) is 0.694. The van der Waals surface area contributed by atoms with Crippen LogP contribution in [0.1, 0.15) is 0 Å². The van der Waals surface area contributed by atoms with Crippen LogP contribution in [-0.4, -0.2) is 13.2 Å². The molecule has 1 amide bonds. The van der Waals surface area contributed by atoms with Crippen molar-refractivity contribution in [2.75, 3.05) is 7.11 Å². The Morgan fingerprint density at radius 3 is 2.79 bits per heavy atom. The first-order valence-electron chi connectivity index (χ1n) is 3.59. The number of carbonyl (C=O) groups is 1. The summed E-state index contributed by atoms with van der Waals surface area (Å²) in [6.45, 7) is 0. The lowest BCUT2D eigenvalue weighted by Gasteiger charge is -2.07. The summed E-state index contributed by atoms with van der Waals surface area (Å²) in [5.41, 5.74) is 2.01. The molecule has 0 saturated carbocycles. The number of rotatable bonds is 2. The van der Waals surface area contributed by atoms with Gasteiger partial charge in [0.25, 0.3) is 0 Å². The van der Waals surface area contributed by atoms with Crippen LogP contribution in [-0.2, 0) is 4.74 Å². The molecule has 0 aliphatic rings. The topological polar surface area (TPSA) is 47.6 Å². The maximum absolute atomic E-state index is 10.6. The zero-order valence-electron chi connectivity index (χ0n) is 7.21. The van der Waals surface area contributed by atoms with Gasteiger partial charge in [-0.05, 0) is 12.1 Å². The van der Waals surface area contributed by atoms with Crippen molar-refractivity contribution in [3.63, 3.8) is 0 Å². The Kier molecular flexibility index (Phi) is 3.85. The van der Waals surface area contributed by atoms with Crippen LogP contribution in [0, 0.1) is 0 Å². The molecule has 1 aromatic carbocycles. The highest BCUT2D eigenvalue weighted by Gasteiger charge is 2.05. The molecule has 0 radical (unpaired) electrons. The summed E-state index contributed by atoms with van der Waals surface area (Å²) in [4.78, 5) is 15.5. The lowest BCUT2D eigenvalue weighted by Crippen LogP contribution is -2.26. The second-order valence-electron chi connectivity index (χ2n) is 2.27. The third kappa shape index (κ3) is 2.97. The molecule has 6 heteroatoms. The molecule has 0 aliphatic carbocycles. The number of methoxy groups -OCH3 is 1. The Labute approximate surface area is 90.7 Å². The minimum atomic E-state index is -0.721. The molecule has 0 spiro atoms. The fraction of sp³-hybridized carbons (Fsp3) is 0.125. The predicted octanol–water partition coefficient (Wildman–Crippen LogP) is 2.64. The predicted molar refractivity (Wildman–Crippen MR) is 52.6 cm³/mol. The Hall–Kier alpha value is -1.13. The first-order valence-corrected chi connectivity index (χ1v) is 4.35. The fourth-order valence-corrected chi connectivity index (χ4v) is 1.01. The molecule has 76 valence electrons. The summed E-state index contributed by atoms with van der Waals surface area (Å²) in [7, 11) is 1.22. The molecule has 0 unspecified atom stereocenters. The van der Waals surface area contributed by atoms with Crippen molar-refractivity contribution in [3.8, 4) is 5.75 Å². The Morgan fingerprint density at radius 1 is 1.43 bits per heavy atom. The van der Waals surface area contributed by atoms with Crippen molar-refractivity contribution in [3.05, 3.63) is 28.2 Å². The normalized spacial score (nSPS) is 9.36. The first-order chi connectivity index (χ1) is 6.63. The molecule has 14 heavy (non-hydrogen) atoms. The van der Waals surface area contributed by atoms with Gasteiger partial charge in [0, 0.05) is 11.1 Å². The van der Waals surface area contributed by atoms with E-state index in [4.69, 9.17) is 28.0 Å². The number of carbonyl (C=O) groups excluding carboxylic acids is 1. The number of halogens is 2. The van der Waals surface area contributed by atoms with Gasteiger partial charge in [0.15, 0.2) is 5.75 Å². The van der Waals surface area contributed by atoms with E-state index >= 15 is 0 Å².